The van der Waals surface area contributed by atoms with E-state index in [1.165, 1.54) is 31.2 Å². The minimum atomic E-state index is -5.18. The van der Waals surface area contributed by atoms with E-state index in [4.69, 9.17) is 30.7 Å². The van der Waals surface area contributed by atoms with Gasteiger partial charge in [0.1, 0.15) is 22.0 Å². The molecule has 0 aliphatic carbocycles. The molecule has 292 valence electrons. The number of anilines is 2. The average molecular weight is 867 g/mol. The highest BCUT2D eigenvalue weighted by atomic mass is 32.3. The summed E-state index contributed by atoms with van der Waals surface area (Å²) in [4.78, 5) is -1.84. The highest BCUT2D eigenvalue weighted by Crippen LogP contribution is 2.49. The maximum absolute atomic E-state index is 12.6. The summed E-state index contributed by atoms with van der Waals surface area (Å²) < 4.78 is 132. The van der Waals surface area contributed by atoms with Crippen LogP contribution < -0.4 is 11.5 Å². The molecule has 0 aromatic heterocycles. The lowest BCUT2D eigenvalue weighted by Crippen LogP contribution is -2.16. The SMILES string of the molecule is Cc1c(N)c(/N=N/c2ccc(S(=O)(=O)CCOS(=O)(=O)O)cc2S(=O)(=O)O)c(N)c(/N=N/c2ccc(S(=O)(=O)CCOSOOO)cc2)c1SOOO. The first kappa shape index (κ1) is 44.0. The van der Waals surface area contributed by atoms with Gasteiger partial charge in [0.15, 0.2) is 32.0 Å². The molecule has 0 spiro atoms. The van der Waals surface area contributed by atoms with Gasteiger partial charge in [-0.25, -0.2) is 31.5 Å². The Hall–Kier alpha value is -3.44. The first-order chi connectivity index (χ1) is 24.7. The van der Waals surface area contributed by atoms with Gasteiger partial charge in [0.2, 0.25) is 0 Å². The quantitative estimate of drug-likeness (QED) is 0.0177. The van der Waals surface area contributed by atoms with Gasteiger partial charge in [0.25, 0.3) is 10.1 Å². The van der Waals surface area contributed by atoms with E-state index in [1.807, 2.05) is 0 Å². The van der Waals surface area contributed by atoms with Gasteiger partial charge in [-0.2, -0.15) is 21.9 Å². The summed E-state index contributed by atoms with van der Waals surface area (Å²) in [6.07, 6.45) is 0. The molecule has 0 amide bonds. The molecule has 0 atom stereocenters. The van der Waals surface area contributed by atoms with E-state index in [0.29, 0.717) is 18.1 Å². The molecule has 0 radical (unpaired) electrons. The number of sulfone groups is 2. The molecular formula is C23H26N6O18S6. The van der Waals surface area contributed by atoms with E-state index < -0.39 is 73.8 Å². The Balaban J connectivity index is 2.01. The van der Waals surface area contributed by atoms with Crippen molar-refractivity contribution >= 4 is 98.7 Å². The number of benzene rings is 3. The molecular weight excluding hydrogens is 841 g/mol. The van der Waals surface area contributed by atoms with E-state index >= 15 is 0 Å². The molecule has 8 N–H and O–H groups in total. The van der Waals surface area contributed by atoms with E-state index in [-0.39, 0.29) is 62.7 Å². The third kappa shape index (κ3) is 12.6. The van der Waals surface area contributed by atoms with Crippen LogP contribution in [-0.2, 0) is 67.3 Å². The molecule has 53 heavy (non-hydrogen) atoms. The van der Waals surface area contributed by atoms with Crippen LogP contribution in [0.5, 0.6) is 0 Å². The molecule has 0 saturated carbocycles. The highest BCUT2D eigenvalue weighted by Gasteiger charge is 2.25. The zero-order chi connectivity index (χ0) is 39.6. The Morgan fingerprint density at radius 3 is 1.91 bits per heavy atom. The molecule has 0 aliphatic heterocycles. The Labute approximate surface area is 309 Å². The largest absolute Gasteiger partial charge is 0.397 e. The van der Waals surface area contributed by atoms with Gasteiger partial charge in [-0.1, -0.05) is 10.1 Å². The summed E-state index contributed by atoms with van der Waals surface area (Å²) in [5, 5.41) is 39.5. The number of hydrogen-bond acceptors (Lipinski definition) is 24. The van der Waals surface area contributed by atoms with Crippen molar-refractivity contribution in [2.24, 2.45) is 20.5 Å². The topological polar surface area (TPSA) is 374 Å². The van der Waals surface area contributed by atoms with Gasteiger partial charge in [0.05, 0.1) is 68.5 Å². The molecule has 0 aliphatic rings. The molecule has 0 saturated heterocycles. The van der Waals surface area contributed by atoms with Crippen LogP contribution in [0, 0.1) is 6.92 Å². The van der Waals surface area contributed by atoms with Gasteiger partial charge >= 0.3 is 10.4 Å². The third-order valence-electron chi connectivity index (χ3n) is 6.29. The molecule has 30 heteroatoms. The molecule has 0 unspecified atom stereocenters. The number of rotatable bonds is 20. The van der Waals surface area contributed by atoms with E-state index in [2.05, 4.69) is 43.4 Å². The predicted octanol–water partition coefficient (Wildman–Crippen LogP) is 4.03. The van der Waals surface area contributed by atoms with Crippen LogP contribution in [0.2, 0.25) is 0 Å². The van der Waals surface area contributed by atoms with Crippen LogP contribution in [0.15, 0.2) is 82.5 Å². The lowest BCUT2D eigenvalue weighted by molar-refractivity contribution is -0.434. The third-order valence-corrected chi connectivity index (χ3v) is 12.2. The second kappa shape index (κ2) is 18.7. The van der Waals surface area contributed by atoms with Gasteiger partial charge in [0, 0.05) is 0 Å². The van der Waals surface area contributed by atoms with Crippen molar-refractivity contribution in [2.75, 3.05) is 36.2 Å². The average Bonchev–Trinajstić information content (AvgIpc) is 3.07. The second-order valence-corrected chi connectivity index (χ2v) is 17.5. The van der Waals surface area contributed by atoms with Crippen LogP contribution in [0.4, 0.5) is 34.1 Å². The standard InChI is InChI=1S/C23H26N6O18S6/c1-13-19(24)21(28-27-17-7-6-16(12-18(17)52(36,37)38)51(34,35)11-9-43-53(39,40)41)20(25)22(23(13)48-46-44-30)29-26-14-2-4-15(5-3-14)50(32,33)10-8-42-49-47-45-31/h2-7,12,30-31H,8-11,24-25H2,1H3,(H,36,37,38)(H,39,40,41)/b28-27+,29-26+. The molecule has 3 rings (SSSR count). The summed E-state index contributed by atoms with van der Waals surface area (Å²) in [6.45, 7) is 0.0827. The van der Waals surface area contributed by atoms with Crippen molar-refractivity contribution in [2.45, 2.75) is 26.5 Å². The van der Waals surface area contributed by atoms with E-state index in [0.717, 1.165) is 12.1 Å². The summed E-state index contributed by atoms with van der Waals surface area (Å²) >= 11 is 0.596. The van der Waals surface area contributed by atoms with Gasteiger partial charge < -0.3 is 11.5 Å². The van der Waals surface area contributed by atoms with Gasteiger partial charge in [-0.15, -0.1) is 24.0 Å². The predicted molar refractivity (Wildman–Crippen MR) is 182 cm³/mol. The second-order valence-electron chi connectivity index (χ2n) is 9.62. The van der Waals surface area contributed by atoms with Crippen molar-refractivity contribution in [1.82, 2.24) is 0 Å². The van der Waals surface area contributed by atoms with Crippen molar-refractivity contribution in [3.63, 3.8) is 0 Å². The maximum Gasteiger partial charge on any atom is 0.397 e. The minimum Gasteiger partial charge on any atom is -0.397 e. The molecule has 24 nitrogen and oxygen atoms in total. The van der Waals surface area contributed by atoms with Crippen molar-refractivity contribution in [3.8, 4) is 0 Å². The lowest BCUT2D eigenvalue weighted by atomic mass is 10.1. The van der Waals surface area contributed by atoms with E-state index in [9.17, 15) is 38.2 Å². The number of nitrogens with zero attached hydrogens (tertiary/aromatic N) is 4. The van der Waals surface area contributed by atoms with Gasteiger partial charge in [-0.3, -0.25) is 13.3 Å². The highest BCUT2D eigenvalue weighted by molar-refractivity contribution is 7.94. The fourth-order valence-electron chi connectivity index (χ4n) is 3.82. The van der Waals surface area contributed by atoms with Crippen LogP contribution >= 0.6 is 24.4 Å². The van der Waals surface area contributed by atoms with Gasteiger partial charge in [-0.05, 0) is 55.0 Å². The van der Waals surface area contributed by atoms with E-state index in [1.54, 1.807) is 0 Å². The maximum atomic E-state index is 12.6. The van der Waals surface area contributed by atoms with Crippen molar-refractivity contribution < 1.29 is 80.4 Å². The Morgan fingerprint density at radius 2 is 1.30 bits per heavy atom. The summed E-state index contributed by atoms with van der Waals surface area (Å²) in [5.74, 6) is -1.49. The lowest BCUT2D eigenvalue weighted by Gasteiger charge is -2.14. The number of hydrogen-bond donors (Lipinski definition) is 6. The van der Waals surface area contributed by atoms with Crippen molar-refractivity contribution in [3.05, 3.63) is 48.0 Å². The summed E-state index contributed by atoms with van der Waals surface area (Å²) in [6, 6.07) is 7.24. The number of nitrogen functional groups attached to an aromatic ring is 2. The fraction of sp³-hybridized carbons (Fsp3) is 0.217. The number of azo groups is 2. The van der Waals surface area contributed by atoms with Crippen LogP contribution in [0.25, 0.3) is 0 Å². The molecule has 0 heterocycles. The van der Waals surface area contributed by atoms with Crippen LogP contribution in [-0.4, -0.2) is 78.0 Å². The van der Waals surface area contributed by atoms with Crippen molar-refractivity contribution in [1.29, 1.82) is 0 Å². The smallest absolute Gasteiger partial charge is 0.397 e. The Bertz CT molecular complexity index is 2290. The first-order valence-electron chi connectivity index (χ1n) is 13.5. The monoisotopic (exact) mass is 866 g/mol. The zero-order valence-corrected chi connectivity index (χ0v) is 31.2. The van der Waals surface area contributed by atoms with Crippen LogP contribution in [0.1, 0.15) is 5.56 Å². The molecule has 3 aromatic rings. The molecule has 0 fully saturated rings. The Kier molecular flexibility index (Phi) is 15.5. The van der Waals surface area contributed by atoms with Crippen LogP contribution in [0.3, 0.4) is 0 Å². The Morgan fingerprint density at radius 1 is 0.717 bits per heavy atom. The summed E-state index contributed by atoms with van der Waals surface area (Å²) in [5.41, 5.74) is 11.1. The normalized spacial score (nSPS) is 13.0. The molecule has 0 bridgehead atoms. The zero-order valence-electron chi connectivity index (χ0n) is 26.3. The first-order valence-corrected chi connectivity index (χ1v) is 21.0. The minimum absolute atomic E-state index is 0.0237. The fourth-order valence-corrected chi connectivity index (χ4v) is 8.03. The molecule has 3 aromatic carbocycles. The summed E-state index contributed by atoms with van der Waals surface area (Å²) in [7, 11) is -18.4. The number of nitrogens with two attached hydrogens (primary N) is 2.